The zero-order valence-electron chi connectivity index (χ0n) is 16.2. The van der Waals surface area contributed by atoms with Crippen molar-refractivity contribution in [1.29, 1.82) is 0 Å². The van der Waals surface area contributed by atoms with Gasteiger partial charge >= 0.3 is 5.97 Å². The van der Waals surface area contributed by atoms with Gasteiger partial charge < -0.3 is 5.11 Å². The van der Waals surface area contributed by atoms with Crippen molar-refractivity contribution in [2.75, 3.05) is 13.1 Å². The number of amides is 2. The number of carboxylic acid groups (broad SMARTS) is 1. The molecule has 0 radical (unpaired) electrons. The third kappa shape index (κ3) is 3.93. The number of nitrogens with zero attached hydrogens (tertiary/aromatic N) is 2. The molecular weight excluding hydrogens is 368 g/mol. The van der Waals surface area contributed by atoms with Crippen molar-refractivity contribution in [1.82, 2.24) is 9.80 Å². The standard InChI is InChI=1S/C23H24N2O4/c26-21(27)14-20-18-8-4-5-9-19(18)22(28)25(23(20)29)17-10-12-24(13-11-17)15-16-6-2-1-3-7-16/h1-9,17,20H,10-15H2,(H,26,27). The third-order valence-electron chi connectivity index (χ3n) is 5.87. The molecule has 29 heavy (non-hydrogen) atoms. The van der Waals surface area contributed by atoms with Gasteiger partial charge in [-0.05, 0) is 30.0 Å². The summed E-state index contributed by atoms with van der Waals surface area (Å²) in [6.07, 6.45) is 1.10. The van der Waals surface area contributed by atoms with Crippen molar-refractivity contribution in [3.8, 4) is 0 Å². The van der Waals surface area contributed by atoms with Crippen molar-refractivity contribution < 1.29 is 19.5 Å². The predicted octanol–water partition coefficient (Wildman–Crippen LogP) is 2.89. The molecule has 2 aliphatic heterocycles. The molecule has 6 nitrogen and oxygen atoms in total. The minimum atomic E-state index is -1.04. The zero-order chi connectivity index (χ0) is 20.4. The largest absolute Gasteiger partial charge is 0.481 e. The SMILES string of the molecule is O=C(O)CC1C(=O)N(C2CCN(Cc3ccccc3)CC2)C(=O)c2ccccc21. The van der Waals surface area contributed by atoms with Crippen molar-refractivity contribution >= 4 is 17.8 Å². The third-order valence-corrected chi connectivity index (χ3v) is 5.87. The average molecular weight is 392 g/mol. The Kier molecular flexibility index (Phi) is 5.45. The number of aliphatic carboxylic acids is 1. The van der Waals surface area contributed by atoms with Crippen LogP contribution in [-0.2, 0) is 16.1 Å². The molecule has 2 aliphatic rings. The molecular formula is C23H24N2O4. The highest BCUT2D eigenvalue weighted by Gasteiger charge is 2.43. The number of carbonyl (C=O) groups is 3. The fraction of sp³-hybridized carbons (Fsp3) is 0.348. The molecule has 2 heterocycles. The predicted molar refractivity (Wildman–Crippen MR) is 107 cm³/mol. The van der Waals surface area contributed by atoms with Crippen LogP contribution in [0, 0.1) is 0 Å². The van der Waals surface area contributed by atoms with E-state index in [0.717, 1.165) is 19.6 Å². The number of fused-ring (bicyclic) bond motifs is 1. The fourth-order valence-corrected chi connectivity index (χ4v) is 4.42. The van der Waals surface area contributed by atoms with E-state index in [2.05, 4.69) is 17.0 Å². The molecule has 1 N–H and O–H groups in total. The van der Waals surface area contributed by atoms with E-state index in [1.165, 1.54) is 10.5 Å². The Labute approximate surface area is 169 Å². The Morgan fingerprint density at radius 3 is 2.31 bits per heavy atom. The smallest absolute Gasteiger partial charge is 0.304 e. The second kappa shape index (κ2) is 8.17. The summed E-state index contributed by atoms with van der Waals surface area (Å²) in [5.41, 5.74) is 2.22. The number of hydrogen-bond acceptors (Lipinski definition) is 4. The lowest BCUT2D eigenvalue weighted by Crippen LogP contribution is -2.53. The maximum atomic E-state index is 13.1. The summed E-state index contributed by atoms with van der Waals surface area (Å²) in [4.78, 5) is 41.2. The quantitative estimate of drug-likeness (QED) is 0.792. The Balaban J connectivity index is 1.50. The number of rotatable bonds is 5. The molecule has 6 heteroatoms. The number of hydrogen-bond donors (Lipinski definition) is 1. The van der Waals surface area contributed by atoms with Crippen LogP contribution < -0.4 is 0 Å². The molecule has 0 saturated carbocycles. The van der Waals surface area contributed by atoms with Gasteiger partial charge in [-0.25, -0.2) is 0 Å². The fourth-order valence-electron chi connectivity index (χ4n) is 4.42. The van der Waals surface area contributed by atoms with Crippen LogP contribution in [0.2, 0.25) is 0 Å². The maximum Gasteiger partial charge on any atom is 0.304 e. The molecule has 0 spiro atoms. The van der Waals surface area contributed by atoms with Crippen LogP contribution in [-0.4, -0.2) is 51.8 Å². The first-order valence-electron chi connectivity index (χ1n) is 9.99. The van der Waals surface area contributed by atoms with E-state index < -0.39 is 11.9 Å². The highest BCUT2D eigenvalue weighted by atomic mass is 16.4. The summed E-state index contributed by atoms with van der Waals surface area (Å²) in [6.45, 7) is 2.43. The highest BCUT2D eigenvalue weighted by molar-refractivity contribution is 6.12. The van der Waals surface area contributed by atoms with E-state index in [9.17, 15) is 19.5 Å². The summed E-state index contributed by atoms with van der Waals surface area (Å²) in [5.74, 6) is -2.51. The van der Waals surface area contributed by atoms with Crippen LogP contribution in [0.4, 0.5) is 0 Å². The van der Waals surface area contributed by atoms with Crippen molar-refractivity contribution in [3.05, 3.63) is 71.3 Å². The molecule has 1 fully saturated rings. The van der Waals surface area contributed by atoms with Crippen LogP contribution in [0.1, 0.15) is 46.7 Å². The molecule has 1 unspecified atom stereocenters. The summed E-state index contributed by atoms with van der Waals surface area (Å²) < 4.78 is 0. The van der Waals surface area contributed by atoms with Gasteiger partial charge in [0.15, 0.2) is 0 Å². The van der Waals surface area contributed by atoms with Gasteiger partial charge in [-0.3, -0.25) is 24.2 Å². The van der Waals surface area contributed by atoms with E-state index in [-0.39, 0.29) is 24.3 Å². The Morgan fingerprint density at radius 1 is 0.966 bits per heavy atom. The van der Waals surface area contributed by atoms with Gasteiger partial charge in [0.2, 0.25) is 5.91 Å². The molecule has 0 aliphatic carbocycles. The maximum absolute atomic E-state index is 13.1. The first-order chi connectivity index (χ1) is 14.0. The van der Waals surface area contributed by atoms with Gasteiger partial charge in [0.1, 0.15) is 0 Å². The van der Waals surface area contributed by atoms with Crippen molar-refractivity contribution in [3.63, 3.8) is 0 Å². The van der Waals surface area contributed by atoms with E-state index in [4.69, 9.17) is 0 Å². The molecule has 2 amide bonds. The van der Waals surface area contributed by atoms with Crippen molar-refractivity contribution in [2.24, 2.45) is 0 Å². The van der Waals surface area contributed by atoms with Gasteiger partial charge in [0, 0.05) is 31.2 Å². The molecule has 0 aromatic heterocycles. The van der Waals surface area contributed by atoms with Gasteiger partial charge in [-0.1, -0.05) is 48.5 Å². The van der Waals surface area contributed by atoms with E-state index >= 15 is 0 Å². The molecule has 4 rings (SSSR count). The lowest BCUT2D eigenvalue weighted by Gasteiger charge is -2.41. The molecule has 1 saturated heterocycles. The normalized spacial score (nSPS) is 20.6. The Hall–Kier alpha value is -2.99. The number of piperidine rings is 1. The van der Waals surface area contributed by atoms with Crippen LogP contribution in [0.25, 0.3) is 0 Å². The minimum absolute atomic E-state index is 0.188. The lowest BCUT2D eigenvalue weighted by molar-refractivity contribution is -0.142. The number of benzene rings is 2. The lowest BCUT2D eigenvalue weighted by atomic mass is 9.84. The van der Waals surface area contributed by atoms with Crippen LogP contribution >= 0.6 is 0 Å². The van der Waals surface area contributed by atoms with Crippen molar-refractivity contribution in [2.45, 2.75) is 37.8 Å². The number of imide groups is 1. The summed E-state index contributed by atoms with van der Waals surface area (Å²) in [6, 6.07) is 16.9. The summed E-state index contributed by atoms with van der Waals surface area (Å²) >= 11 is 0. The molecule has 0 bridgehead atoms. The average Bonchev–Trinajstić information content (AvgIpc) is 2.73. The Bertz CT molecular complexity index is 919. The summed E-state index contributed by atoms with van der Waals surface area (Å²) in [5, 5.41) is 9.28. The second-order valence-electron chi connectivity index (χ2n) is 7.74. The Morgan fingerprint density at radius 2 is 1.62 bits per heavy atom. The monoisotopic (exact) mass is 392 g/mol. The van der Waals surface area contributed by atoms with Gasteiger partial charge in [0.25, 0.3) is 5.91 Å². The minimum Gasteiger partial charge on any atom is -0.481 e. The van der Waals surface area contributed by atoms with E-state index in [1.54, 1.807) is 24.3 Å². The zero-order valence-corrected chi connectivity index (χ0v) is 16.2. The first-order valence-corrected chi connectivity index (χ1v) is 9.99. The van der Waals surface area contributed by atoms with Crippen LogP contribution in [0.3, 0.4) is 0 Å². The molecule has 1 atom stereocenters. The van der Waals surface area contributed by atoms with Gasteiger partial charge in [0.05, 0.1) is 12.3 Å². The molecule has 2 aromatic rings. The van der Waals surface area contributed by atoms with Gasteiger partial charge in [-0.15, -0.1) is 0 Å². The summed E-state index contributed by atoms with van der Waals surface area (Å²) in [7, 11) is 0. The van der Waals surface area contributed by atoms with Crippen LogP contribution in [0.5, 0.6) is 0 Å². The molecule has 150 valence electrons. The highest BCUT2D eigenvalue weighted by Crippen LogP contribution is 2.34. The number of carboxylic acids is 1. The second-order valence-corrected chi connectivity index (χ2v) is 7.74. The van der Waals surface area contributed by atoms with E-state index in [1.807, 2.05) is 18.2 Å². The van der Waals surface area contributed by atoms with Gasteiger partial charge in [-0.2, -0.15) is 0 Å². The first kappa shape index (κ1) is 19.3. The van der Waals surface area contributed by atoms with Crippen LogP contribution in [0.15, 0.2) is 54.6 Å². The topological polar surface area (TPSA) is 77.9 Å². The van der Waals surface area contributed by atoms with E-state index in [0.29, 0.717) is 24.0 Å². The number of likely N-dealkylation sites (tertiary alicyclic amines) is 1. The molecule has 2 aromatic carbocycles. The number of carbonyl (C=O) groups excluding carboxylic acids is 2.